The van der Waals surface area contributed by atoms with E-state index in [4.69, 9.17) is 4.74 Å². The fourth-order valence-corrected chi connectivity index (χ4v) is 6.58. The number of amides is 3. The van der Waals surface area contributed by atoms with Crippen LogP contribution in [0.5, 0.6) is 0 Å². The van der Waals surface area contributed by atoms with E-state index in [1.54, 1.807) is 34.7 Å². The highest BCUT2D eigenvalue weighted by molar-refractivity contribution is 8.82. The molecule has 0 spiro atoms. The van der Waals surface area contributed by atoms with Crippen molar-refractivity contribution >= 4 is 50.3 Å². The number of nitrogens with zero attached hydrogens (tertiary/aromatic N) is 2. The summed E-state index contributed by atoms with van der Waals surface area (Å²) < 4.78 is 4.83. The molecule has 1 heterocycles. The predicted octanol–water partition coefficient (Wildman–Crippen LogP) is 3.60. The number of methoxy groups -OCH3 is 1. The first-order chi connectivity index (χ1) is 20.1. The monoisotopic (exact) mass is 623 g/mol. The van der Waals surface area contributed by atoms with Gasteiger partial charge in [-0.05, 0) is 67.0 Å². The second-order valence-electron chi connectivity index (χ2n) is 10.4. The van der Waals surface area contributed by atoms with Crippen LogP contribution in [-0.4, -0.2) is 83.4 Å². The highest BCUT2D eigenvalue weighted by atomic mass is 33.1. The summed E-state index contributed by atoms with van der Waals surface area (Å²) in [5, 5.41) is 18.0. The highest BCUT2D eigenvalue weighted by Crippen LogP contribution is 2.25. The second-order valence-corrected chi connectivity index (χ2v) is 12.9. The van der Waals surface area contributed by atoms with Crippen molar-refractivity contribution in [2.75, 3.05) is 26.5 Å². The quantitative estimate of drug-likeness (QED) is 0.0749. The lowest BCUT2D eigenvalue weighted by Crippen LogP contribution is -2.61. The molecule has 0 bridgehead atoms. The molecule has 4 N–H and O–H groups in total. The average Bonchev–Trinajstić information content (AvgIpc) is 2.97. The van der Waals surface area contributed by atoms with Crippen LogP contribution < -0.4 is 16.1 Å². The number of aliphatic hydroxyl groups is 1. The van der Waals surface area contributed by atoms with Crippen LogP contribution >= 0.6 is 21.6 Å². The molecule has 1 aliphatic heterocycles. The number of aliphatic imine (C=N–C) groups is 1. The van der Waals surface area contributed by atoms with Gasteiger partial charge in [0.05, 0.1) is 12.9 Å². The van der Waals surface area contributed by atoms with Crippen LogP contribution in [0, 0.1) is 5.92 Å². The van der Waals surface area contributed by atoms with Crippen LogP contribution in [-0.2, 0) is 23.9 Å². The normalized spacial score (nSPS) is 19.1. The third kappa shape index (κ3) is 11.8. The Morgan fingerprint density at radius 2 is 2.05 bits per heavy atom. The number of esters is 1. The lowest BCUT2D eigenvalue weighted by atomic mass is 9.97. The van der Waals surface area contributed by atoms with E-state index in [1.165, 1.54) is 12.1 Å². The summed E-state index contributed by atoms with van der Waals surface area (Å²) >= 11 is 0. The summed E-state index contributed by atoms with van der Waals surface area (Å²) in [6.45, 7) is 5.96. The second kappa shape index (κ2) is 18.7. The molecule has 1 saturated heterocycles. The van der Waals surface area contributed by atoms with E-state index in [0.717, 1.165) is 16.4 Å². The van der Waals surface area contributed by atoms with Crippen molar-refractivity contribution in [2.24, 2.45) is 10.9 Å². The van der Waals surface area contributed by atoms with Crippen molar-refractivity contribution in [2.45, 2.75) is 83.8 Å². The van der Waals surface area contributed by atoms with Gasteiger partial charge in [-0.15, -0.1) is 0 Å². The van der Waals surface area contributed by atoms with E-state index in [1.807, 2.05) is 39.0 Å². The molecule has 2 aliphatic rings. The first-order valence-electron chi connectivity index (χ1n) is 14.3. The minimum atomic E-state index is -0.979. The van der Waals surface area contributed by atoms with Gasteiger partial charge in [-0.2, -0.15) is 0 Å². The summed E-state index contributed by atoms with van der Waals surface area (Å²) in [7, 11) is 6.20. The Morgan fingerprint density at radius 1 is 1.29 bits per heavy atom. The van der Waals surface area contributed by atoms with Gasteiger partial charge in [0, 0.05) is 38.6 Å². The zero-order chi connectivity index (χ0) is 31.1. The molecule has 11 nitrogen and oxygen atoms in total. The molecule has 0 aromatic heterocycles. The van der Waals surface area contributed by atoms with E-state index in [0.29, 0.717) is 38.6 Å². The number of nitrogens with one attached hydrogen (secondary N) is 3. The van der Waals surface area contributed by atoms with E-state index in [2.05, 4.69) is 21.1 Å². The average molecular weight is 624 g/mol. The van der Waals surface area contributed by atoms with Crippen molar-refractivity contribution in [1.82, 2.24) is 21.1 Å². The van der Waals surface area contributed by atoms with E-state index in [-0.39, 0.29) is 30.4 Å². The minimum absolute atomic E-state index is 0.152. The largest absolute Gasteiger partial charge is 0.512 e. The van der Waals surface area contributed by atoms with Crippen LogP contribution in [0.1, 0.15) is 65.7 Å². The van der Waals surface area contributed by atoms with Gasteiger partial charge in [-0.25, -0.2) is 5.43 Å². The van der Waals surface area contributed by atoms with Gasteiger partial charge in [0.2, 0.25) is 11.8 Å². The minimum Gasteiger partial charge on any atom is -0.512 e. The Kier molecular flexibility index (Phi) is 15.8. The number of hydrogen-bond acceptors (Lipinski definition) is 10. The number of rotatable bonds is 14. The first-order valence-corrected chi connectivity index (χ1v) is 16.6. The fourth-order valence-electron chi connectivity index (χ4n) is 4.49. The number of hydrogen-bond donors (Lipinski definition) is 4. The van der Waals surface area contributed by atoms with E-state index in [9.17, 15) is 24.3 Å². The summed E-state index contributed by atoms with van der Waals surface area (Å²) in [5.74, 6) is -0.849. The zero-order valence-electron chi connectivity index (χ0n) is 25.2. The van der Waals surface area contributed by atoms with Crippen molar-refractivity contribution in [1.29, 1.82) is 0 Å². The molecule has 0 aromatic carbocycles. The lowest BCUT2D eigenvalue weighted by Gasteiger charge is -2.35. The Hall–Kier alpha value is -2.77. The summed E-state index contributed by atoms with van der Waals surface area (Å²) in [4.78, 5) is 56.2. The summed E-state index contributed by atoms with van der Waals surface area (Å²) in [6, 6.07) is -2.48. The smallest absolute Gasteiger partial charge is 0.324 e. The summed E-state index contributed by atoms with van der Waals surface area (Å²) in [6.07, 6.45) is 10.7. The van der Waals surface area contributed by atoms with E-state index < -0.39 is 35.9 Å². The topological polar surface area (TPSA) is 149 Å². The maximum atomic E-state index is 13.7. The van der Waals surface area contributed by atoms with Crippen molar-refractivity contribution < 1.29 is 29.0 Å². The maximum Gasteiger partial charge on any atom is 0.324 e. The third-order valence-corrected chi connectivity index (χ3v) is 9.15. The number of aliphatic hydroxyl groups excluding tert-OH is 1. The Morgan fingerprint density at radius 3 is 2.69 bits per heavy atom. The van der Waals surface area contributed by atoms with Crippen molar-refractivity contribution in [3.05, 3.63) is 35.6 Å². The highest BCUT2D eigenvalue weighted by Gasteiger charge is 2.35. The standard InChI is InChI=1S/C29H45N5O6S2/c1-6-10-25(30-4)42-41-16-9-14-24(36)32-26(19(2)3)27(37)31-23(18-20-11-7-12-21(35)17-20)28(38)34-15-8-13-22(33-34)29(39)40-5/h6,10-11,17,19,22-23,26,33,35H,7-9,12-16,18H2,1-5H3,(H,31,37)(H,32,36)/b10-6-,30-25?. The van der Waals surface area contributed by atoms with Gasteiger partial charge < -0.3 is 20.5 Å². The van der Waals surface area contributed by atoms with Crippen molar-refractivity contribution in [3.63, 3.8) is 0 Å². The fraction of sp³-hybridized carbons (Fsp3) is 0.621. The predicted molar refractivity (Wildman–Crippen MR) is 169 cm³/mol. The molecule has 1 aliphatic carbocycles. The van der Waals surface area contributed by atoms with Gasteiger partial charge in [0.1, 0.15) is 23.2 Å². The number of ether oxygens (including phenoxy) is 1. The number of allylic oxidation sites excluding steroid dienone is 4. The molecule has 0 aromatic rings. The number of carbonyl (C=O) groups excluding carboxylic acids is 4. The Bertz CT molecular complexity index is 1070. The molecule has 1 fully saturated rings. The summed E-state index contributed by atoms with van der Waals surface area (Å²) in [5.41, 5.74) is 3.66. The maximum absolute atomic E-state index is 13.7. The number of carbonyl (C=O) groups is 4. The molecule has 3 amide bonds. The van der Waals surface area contributed by atoms with Gasteiger partial charge in [0.25, 0.3) is 5.91 Å². The van der Waals surface area contributed by atoms with Crippen LogP contribution in [0.25, 0.3) is 0 Å². The molecule has 2 rings (SSSR count). The van der Waals surface area contributed by atoms with Crippen molar-refractivity contribution in [3.8, 4) is 0 Å². The molecule has 234 valence electrons. The Labute approximate surface area is 256 Å². The number of hydrazine groups is 1. The van der Waals surface area contributed by atoms with Gasteiger partial charge in [-0.3, -0.25) is 29.2 Å². The van der Waals surface area contributed by atoms with Crippen LogP contribution in [0.4, 0.5) is 0 Å². The SMILES string of the molecule is C/C=C\C(=NC)SSCCCC(=O)NC(C(=O)NC(CC1=CCCC(O)=C1)C(=O)N1CCCC(C(=O)OC)N1)C(C)C. The van der Waals surface area contributed by atoms with Crippen LogP contribution in [0.15, 0.2) is 40.6 Å². The van der Waals surface area contributed by atoms with Gasteiger partial charge in [-0.1, -0.05) is 36.8 Å². The van der Waals surface area contributed by atoms with Gasteiger partial charge in [0.15, 0.2) is 0 Å². The zero-order valence-corrected chi connectivity index (χ0v) is 26.8. The van der Waals surface area contributed by atoms with Crippen LogP contribution in [0.2, 0.25) is 0 Å². The molecule has 13 heteroatoms. The Balaban J connectivity index is 2.06. The lowest BCUT2D eigenvalue weighted by molar-refractivity contribution is -0.151. The van der Waals surface area contributed by atoms with E-state index >= 15 is 0 Å². The molecule has 3 unspecified atom stereocenters. The molecule has 3 atom stereocenters. The molecular formula is C29H45N5O6S2. The first kappa shape index (κ1) is 35.4. The molecule has 0 saturated carbocycles. The molecular weight excluding hydrogens is 578 g/mol. The molecule has 42 heavy (non-hydrogen) atoms. The molecule has 0 radical (unpaired) electrons. The van der Waals surface area contributed by atoms with Crippen LogP contribution in [0.3, 0.4) is 0 Å². The third-order valence-electron chi connectivity index (χ3n) is 6.72. The van der Waals surface area contributed by atoms with Gasteiger partial charge >= 0.3 is 5.97 Å².